The van der Waals surface area contributed by atoms with Crippen LogP contribution in [0.5, 0.6) is 5.75 Å². The van der Waals surface area contributed by atoms with Crippen molar-refractivity contribution >= 4 is 27.6 Å². The van der Waals surface area contributed by atoms with E-state index in [1.54, 1.807) is 12.1 Å². The van der Waals surface area contributed by atoms with Crippen molar-refractivity contribution in [2.24, 2.45) is 0 Å². The van der Waals surface area contributed by atoms with Crippen molar-refractivity contribution in [3.8, 4) is 5.75 Å². The maximum atomic E-state index is 13.1. The molecule has 2 aliphatic carbocycles. The third-order valence-corrected chi connectivity index (χ3v) is 9.11. The minimum atomic E-state index is -3.70. The van der Waals surface area contributed by atoms with Gasteiger partial charge in [0.25, 0.3) is 5.91 Å². The minimum Gasteiger partial charge on any atom is -0.433 e. The predicted octanol–water partition coefficient (Wildman–Crippen LogP) is 2.02. The van der Waals surface area contributed by atoms with Crippen molar-refractivity contribution in [3.05, 3.63) is 53.3 Å². The van der Waals surface area contributed by atoms with Crippen molar-refractivity contribution < 1.29 is 26.7 Å². The lowest BCUT2D eigenvalue weighted by Gasteiger charge is -2.54. The molecule has 2 aromatic rings. The number of hydrogen-bond donors (Lipinski definition) is 3. The molecule has 168 valence electrons. The Labute approximate surface area is 182 Å². The van der Waals surface area contributed by atoms with Crippen LogP contribution in [-0.2, 0) is 22.0 Å². The van der Waals surface area contributed by atoms with Crippen LogP contribution in [0.2, 0.25) is 0 Å². The zero-order valence-corrected chi connectivity index (χ0v) is 17.7. The lowest BCUT2D eigenvalue weighted by molar-refractivity contribution is -0.0500. The SMILES string of the molecule is CN1C(=N)N[C@@]2(Cc3ccc(NC(=O)c4ccc(OC(F)F)cn4)cc32)C2(CC2)S1(=O)=O. The fraction of sp³-hybridized carbons (Fsp3) is 0.350. The summed E-state index contributed by atoms with van der Waals surface area (Å²) in [6, 6.07) is 7.71. The number of benzene rings is 1. The Morgan fingerprint density at radius 1 is 1.31 bits per heavy atom. The maximum Gasteiger partial charge on any atom is 0.387 e. The lowest BCUT2D eigenvalue weighted by atomic mass is 9.67. The summed E-state index contributed by atoms with van der Waals surface area (Å²) in [5.74, 6) is -0.899. The molecule has 12 heteroatoms. The van der Waals surface area contributed by atoms with Gasteiger partial charge in [0, 0.05) is 19.2 Å². The first kappa shape index (κ1) is 20.6. The molecule has 1 amide bonds. The zero-order valence-electron chi connectivity index (χ0n) is 16.9. The normalized spacial score (nSPS) is 24.0. The number of carbonyl (C=O) groups is 1. The van der Waals surface area contributed by atoms with Crippen LogP contribution < -0.4 is 15.4 Å². The Morgan fingerprint density at radius 2 is 2.06 bits per heavy atom. The van der Waals surface area contributed by atoms with Crippen molar-refractivity contribution in [2.75, 3.05) is 12.4 Å². The molecule has 0 unspecified atom stereocenters. The first-order valence-corrected chi connectivity index (χ1v) is 11.2. The molecule has 2 heterocycles. The predicted molar refractivity (Wildman–Crippen MR) is 110 cm³/mol. The number of nitrogens with zero attached hydrogens (tertiary/aromatic N) is 2. The molecule has 0 radical (unpaired) electrons. The molecule has 3 aliphatic rings. The van der Waals surface area contributed by atoms with Crippen LogP contribution in [0.1, 0.15) is 34.5 Å². The summed E-state index contributed by atoms with van der Waals surface area (Å²) >= 11 is 0. The number of alkyl halides is 2. The lowest BCUT2D eigenvalue weighted by Crippen LogP contribution is -2.72. The van der Waals surface area contributed by atoms with E-state index in [1.807, 2.05) is 6.07 Å². The van der Waals surface area contributed by atoms with Crippen molar-refractivity contribution in [3.63, 3.8) is 0 Å². The Kier molecular flexibility index (Phi) is 4.26. The summed E-state index contributed by atoms with van der Waals surface area (Å²) in [5.41, 5.74) is 1.22. The van der Waals surface area contributed by atoms with Gasteiger partial charge < -0.3 is 15.4 Å². The number of anilines is 1. The number of ether oxygens (including phenoxy) is 1. The van der Waals surface area contributed by atoms with E-state index in [4.69, 9.17) is 5.41 Å². The molecule has 1 aliphatic heterocycles. The number of halogens is 2. The third-order valence-electron chi connectivity index (χ3n) is 6.46. The van der Waals surface area contributed by atoms with E-state index in [-0.39, 0.29) is 17.4 Å². The average molecular weight is 463 g/mol. The van der Waals surface area contributed by atoms with Crippen LogP contribution >= 0.6 is 0 Å². The number of carbonyl (C=O) groups excluding carboxylic acids is 1. The van der Waals surface area contributed by atoms with Gasteiger partial charge in [0.2, 0.25) is 16.0 Å². The summed E-state index contributed by atoms with van der Waals surface area (Å²) in [6.07, 6.45) is 2.49. The van der Waals surface area contributed by atoms with Crippen LogP contribution in [0.25, 0.3) is 0 Å². The molecule has 32 heavy (non-hydrogen) atoms. The number of fused-ring (bicyclic) bond motifs is 3. The highest BCUT2D eigenvalue weighted by Crippen LogP contribution is 2.63. The third kappa shape index (κ3) is 2.71. The van der Waals surface area contributed by atoms with Crippen LogP contribution in [0.4, 0.5) is 14.5 Å². The van der Waals surface area contributed by atoms with Crippen LogP contribution in [0.3, 0.4) is 0 Å². The van der Waals surface area contributed by atoms with E-state index in [9.17, 15) is 22.0 Å². The average Bonchev–Trinajstić information content (AvgIpc) is 3.54. The van der Waals surface area contributed by atoms with Crippen LogP contribution in [-0.4, -0.2) is 48.0 Å². The number of rotatable bonds is 4. The molecular formula is C20H19F2N5O4S. The van der Waals surface area contributed by atoms with Gasteiger partial charge in [-0.15, -0.1) is 0 Å². The number of sulfonamides is 1. The van der Waals surface area contributed by atoms with Crippen LogP contribution in [0.15, 0.2) is 36.5 Å². The van der Waals surface area contributed by atoms with Crippen LogP contribution in [0, 0.1) is 5.41 Å². The van der Waals surface area contributed by atoms with Gasteiger partial charge in [-0.05, 0) is 48.2 Å². The summed E-state index contributed by atoms with van der Waals surface area (Å²) < 4.78 is 54.9. The van der Waals surface area contributed by atoms with Gasteiger partial charge in [-0.1, -0.05) is 6.07 Å². The highest BCUT2D eigenvalue weighted by Gasteiger charge is 2.75. The van der Waals surface area contributed by atoms with Gasteiger partial charge >= 0.3 is 6.61 Å². The molecule has 1 atom stereocenters. The molecule has 2 fully saturated rings. The summed E-state index contributed by atoms with van der Waals surface area (Å²) in [5, 5.41) is 13.9. The Balaban J connectivity index is 1.41. The van der Waals surface area contributed by atoms with Crippen molar-refractivity contribution in [2.45, 2.75) is 36.2 Å². The Morgan fingerprint density at radius 3 is 2.69 bits per heavy atom. The van der Waals surface area contributed by atoms with E-state index in [1.165, 1.54) is 19.2 Å². The molecule has 2 spiro atoms. The van der Waals surface area contributed by atoms with Gasteiger partial charge in [-0.2, -0.15) is 8.78 Å². The van der Waals surface area contributed by atoms with Crippen molar-refractivity contribution in [1.82, 2.24) is 14.6 Å². The molecule has 3 N–H and O–H groups in total. The zero-order chi connectivity index (χ0) is 22.9. The molecule has 5 rings (SSSR count). The van der Waals surface area contributed by atoms with Gasteiger partial charge in [-0.25, -0.2) is 17.7 Å². The molecule has 1 saturated heterocycles. The summed E-state index contributed by atoms with van der Waals surface area (Å²) in [7, 11) is -2.32. The second kappa shape index (κ2) is 6.61. The number of guanidine groups is 1. The number of amides is 1. The monoisotopic (exact) mass is 463 g/mol. The minimum absolute atomic E-state index is 0.00412. The number of nitrogens with one attached hydrogen (secondary N) is 3. The van der Waals surface area contributed by atoms with E-state index >= 15 is 0 Å². The van der Waals surface area contributed by atoms with E-state index in [0.29, 0.717) is 24.9 Å². The van der Waals surface area contributed by atoms with Gasteiger partial charge in [0.15, 0.2) is 0 Å². The topological polar surface area (TPSA) is 124 Å². The largest absolute Gasteiger partial charge is 0.433 e. The molecule has 0 bridgehead atoms. The van der Waals surface area contributed by atoms with Gasteiger partial charge in [0.05, 0.1) is 11.7 Å². The molecular weight excluding hydrogens is 444 g/mol. The first-order valence-electron chi connectivity index (χ1n) is 9.80. The van der Waals surface area contributed by atoms with E-state index in [0.717, 1.165) is 21.6 Å². The number of pyridine rings is 1. The second-order valence-corrected chi connectivity index (χ2v) is 10.4. The fourth-order valence-electron chi connectivity index (χ4n) is 4.68. The summed E-state index contributed by atoms with van der Waals surface area (Å²) in [4.78, 5) is 16.4. The van der Waals surface area contributed by atoms with E-state index < -0.39 is 32.8 Å². The highest BCUT2D eigenvalue weighted by atomic mass is 32.2. The number of aromatic nitrogens is 1. The summed E-state index contributed by atoms with van der Waals surface area (Å²) in [6.45, 7) is -2.99. The molecule has 1 aromatic carbocycles. The number of hydrogen-bond acceptors (Lipinski definition) is 6. The van der Waals surface area contributed by atoms with Gasteiger partial charge in [0.1, 0.15) is 16.2 Å². The Hall–Kier alpha value is -3.28. The molecule has 9 nitrogen and oxygen atoms in total. The van der Waals surface area contributed by atoms with Gasteiger partial charge in [-0.3, -0.25) is 10.2 Å². The smallest absolute Gasteiger partial charge is 0.387 e. The maximum absolute atomic E-state index is 13.1. The molecule has 1 saturated carbocycles. The second-order valence-electron chi connectivity index (χ2n) is 8.11. The highest BCUT2D eigenvalue weighted by molar-refractivity contribution is 7.91. The quantitative estimate of drug-likeness (QED) is 0.637. The first-order chi connectivity index (χ1) is 15.1. The van der Waals surface area contributed by atoms with E-state index in [2.05, 4.69) is 20.4 Å². The molecule has 1 aromatic heterocycles. The van der Waals surface area contributed by atoms with Crippen molar-refractivity contribution in [1.29, 1.82) is 5.41 Å². The standard InChI is InChI=1S/C20H19F2N5O4S/c1-27-18(23)26-20(19(6-7-19)32(27,29)30)9-11-2-3-12(8-14(11)20)25-16(28)15-5-4-13(10-24-15)31-17(21)22/h2-5,8,10,17H,6-7,9H2,1H3,(H2,23,26)(H,25,28)/t20-/m1/s1. The fourth-order valence-corrected chi connectivity index (χ4v) is 6.78. The Bertz CT molecular complexity index is 1250.